The third-order valence-corrected chi connectivity index (χ3v) is 11.4. The maximum Gasteiger partial charge on any atom is 0.126 e. The number of allylic oxidation sites excluding steroid dienone is 5. The second-order valence-corrected chi connectivity index (χ2v) is 14.6. The van der Waals surface area contributed by atoms with Crippen molar-refractivity contribution in [1.82, 2.24) is 9.97 Å². The lowest BCUT2D eigenvalue weighted by Gasteiger charge is -2.30. The zero-order chi connectivity index (χ0) is 33.8. The molecule has 0 bridgehead atoms. The summed E-state index contributed by atoms with van der Waals surface area (Å²) in [5, 5.41) is 6.70. The molecule has 1 aromatic heterocycles. The van der Waals surface area contributed by atoms with Gasteiger partial charge in [0.15, 0.2) is 0 Å². The lowest BCUT2D eigenvalue weighted by molar-refractivity contribution is 0.302. The summed E-state index contributed by atoms with van der Waals surface area (Å²) in [7, 11) is 0. The average Bonchev–Trinajstić information content (AvgIpc) is 3.90. The van der Waals surface area contributed by atoms with E-state index in [1.54, 1.807) is 5.57 Å². The van der Waals surface area contributed by atoms with Gasteiger partial charge in [0.2, 0.25) is 0 Å². The molecule has 0 spiro atoms. The fourth-order valence-electron chi connectivity index (χ4n) is 8.69. The average molecular weight is 637 g/mol. The van der Waals surface area contributed by atoms with Gasteiger partial charge in [-0.2, -0.15) is 0 Å². The van der Waals surface area contributed by atoms with Crippen LogP contribution >= 0.6 is 0 Å². The molecule has 0 N–H and O–H groups in total. The predicted molar refractivity (Wildman–Crippen MR) is 207 cm³/mol. The fourth-order valence-corrected chi connectivity index (χ4v) is 8.69. The van der Waals surface area contributed by atoms with Gasteiger partial charge in [-0.15, -0.1) is 0 Å². The minimum Gasteiger partial charge on any atom is -0.233 e. The summed E-state index contributed by atoms with van der Waals surface area (Å²) in [6, 6.07) is 36.7. The Morgan fingerprint density at radius 2 is 1.49 bits per heavy atom. The van der Waals surface area contributed by atoms with Crippen LogP contribution in [0, 0.1) is 25.2 Å². The van der Waals surface area contributed by atoms with Crippen molar-refractivity contribution < 1.29 is 0 Å². The molecule has 0 radical (unpaired) electrons. The summed E-state index contributed by atoms with van der Waals surface area (Å²) in [6.45, 7) is 13.1. The predicted octanol–water partition coefficient (Wildman–Crippen LogP) is 11.1. The molecule has 6 aromatic rings. The van der Waals surface area contributed by atoms with Gasteiger partial charge in [-0.3, -0.25) is 0 Å². The highest BCUT2D eigenvalue weighted by atomic mass is 14.9. The molecule has 49 heavy (non-hydrogen) atoms. The van der Waals surface area contributed by atoms with Gasteiger partial charge >= 0.3 is 0 Å². The van der Waals surface area contributed by atoms with Crippen LogP contribution in [-0.4, -0.2) is 9.97 Å². The number of rotatable bonds is 4. The van der Waals surface area contributed by atoms with Gasteiger partial charge in [-0.25, -0.2) is 9.97 Å². The van der Waals surface area contributed by atoms with E-state index in [2.05, 4.69) is 112 Å². The molecule has 0 amide bonds. The highest BCUT2D eigenvalue weighted by Crippen LogP contribution is 2.66. The first-order chi connectivity index (χ1) is 23.9. The molecule has 3 aliphatic rings. The molecule has 1 fully saturated rings. The summed E-state index contributed by atoms with van der Waals surface area (Å²) in [5.41, 5.74) is 10.7. The van der Waals surface area contributed by atoms with Crippen LogP contribution in [-0.2, 0) is 11.8 Å². The van der Waals surface area contributed by atoms with Crippen LogP contribution < -0.4 is 5.22 Å². The third-order valence-electron chi connectivity index (χ3n) is 11.4. The van der Waals surface area contributed by atoms with E-state index in [-0.39, 0.29) is 10.8 Å². The molecule has 2 nitrogen and oxygen atoms in total. The molecule has 9 rings (SSSR count). The second kappa shape index (κ2) is 12.1. The van der Waals surface area contributed by atoms with E-state index in [9.17, 15) is 0 Å². The van der Waals surface area contributed by atoms with E-state index in [1.807, 2.05) is 49.4 Å². The Morgan fingerprint density at radius 3 is 2.20 bits per heavy atom. The number of aryl methyl sites for hydroxylation is 2. The zero-order valence-corrected chi connectivity index (χ0v) is 29.1. The van der Waals surface area contributed by atoms with Gasteiger partial charge in [0, 0.05) is 16.5 Å². The van der Waals surface area contributed by atoms with Crippen molar-refractivity contribution in [2.24, 2.45) is 11.3 Å². The van der Waals surface area contributed by atoms with Crippen molar-refractivity contribution in [2.75, 3.05) is 0 Å². The summed E-state index contributed by atoms with van der Waals surface area (Å²) in [4.78, 5) is 10.2. The van der Waals surface area contributed by atoms with E-state index < -0.39 is 0 Å². The Balaban J connectivity index is 0.000000527. The number of hydrogen-bond donors (Lipinski definition) is 0. The van der Waals surface area contributed by atoms with E-state index in [1.165, 1.54) is 54.6 Å². The molecule has 242 valence electrons. The Labute approximate surface area is 290 Å². The molecular weight excluding hydrogens is 593 g/mol. The smallest absolute Gasteiger partial charge is 0.126 e. The summed E-state index contributed by atoms with van der Waals surface area (Å²) in [5.74, 6) is 1.35. The summed E-state index contributed by atoms with van der Waals surface area (Å²) in [6.07, 6.45) is 13.4. The van der Waals surface area contributed by atoms with Crippen molar-refractivity contribution in [3.05, 3.63) is 167 Å². The fraction of sp³-hybridized carbons (Fsp3) is 0.234. The van der Waals surface area contributed by atoms with Crippen LogP contribution in [0.1, 0.15) is 61.3 Å². The topological polar surface area (TPSA) is 25.8 Å². The molecule has 0 aliphatic heterocycles. The van der Waals surface area contributed by atoms with Crippen LogP contribution in [0.4, 0.5) is 0 Å². The zero-order valence-electron chi connectivity index (χ0n) is 29.1. The quantitative estimate of drug-likeness (QED) is 0.192. The Morgan fingerprint density at radius 1 is 0.796 bits per heavy atom. The molecule has 3 atom stereocenters. The van der Waals surface area contributed by atoms with Crippen molar-refractivity contribution >= 4 is 33.2 Å². The van der Waals surface area contributed by atoms with Crippen molar-refractivity contribution in [2.45, 2.75) is 58.8 Å². The molecule has 1 heterocycles. The van der Waals surface area contributed by atoms with E-state index in [4.69, 9.17) is 9.97 Å². The van der Waals surface area contributed by atoms with Crippen LogP contribution in [0.3, 0.4) is 0 Å². The van der Waals surface area contributed by atoms with E-state index in [0.29, 0.717) is 5.92 Å². The van der Waals surface area contributed by atoms with Gasteiger partial charge in [-0.05, 0) is 87.9 Å². The maximum atomic E-state index is 5.18. The largest absolute Gasteiger partial charge is 0.233 e. The molecule has 5 aromatic carbocycles. The van der Waals surface area contributed by atoms with Gasteiger partial charge in [0.25, 0.3) is 0 Å². The monoisotopic (exact) mass is 636 g/mol. The number of benzene rings is 5. The third kappa shape index (κ3) is 5.26. The number of hydrogen-bond acceptors (Lipinski definition) is 2. The molecule has 3 unspecified atom stereocenters. The number of fused-ring (bicyclic) bond motifs is 4. The van der Waals surface area contributed by atoms with Crippen molar-refractivity contribution in [3.63, 3.8) is 0 Å². The molecular formula is C47H44N2. The first-order valence-corrected chi connectivity index (χ1v) is 17.8. The summed E-state index contributed by atoms with van der Waals surface area (Å²) < 4.78 is 0. The lowest BCUT2D eigenvalue weighted by atomic mass is 9.74. The van der Waals surface area contributed by atoms with Crippen LogP contribution in [0.25, 0.3) is 44.5 Å². The Kier molecular flexibility index (Phi) is 7.71. The molecule has 3 aliphatic carbocycles. The van der Waals surface area contributed by atoms with Crippen LogP contribution in [0.5, 0.6) is 0 Å². The second-order valence-electron chi connectivity index (χ2n) is 14.6. The Bertz CT molecular complexity index is 2320. The van der Waals surface area contributed by atoms with Crippen molar-refractivity contribution in [1.29, 1.82) is 0 Å². The summed E-state index contributed by atoms with van der Waals surface area (Å²) >= 11 is 0. The first kappa shape index (κ1) is 31.2. The normalized spacial score (nSPS) is 22.5. The van der Waals surface area contributed by atoms with E-state index in [0.717, 1.165) is 42.9 Å². The van der Waals surface area contributed by atoms with E-state index >= 15 is 0 Å². The maximum absolute atomic E-state index is 5.18. The van der Waals surface area contributed by atoms with Gasteiger partial charge in [0.1, 0.15) is 5.82 Å². The number of aromatic nitrogens is 2. The minimum absolute atomic E-state index is 0.0385. The van der Waals surface area contributed by atoms with Crippen LogP contribution in [0.15, 0.2) is 134 Å². The van der Waals surface area contributed by atoms with Crippen molar-refractivity contribution in [3.8, 4) is 11.3 Å². The minimum atomic E-state index is 0.0385. The molecule has 1 saturated carbocycles. The number of nitrogens with zero attached hydrogens (tertiary/aromatic N) is 2. The molecule has 2 heteroatoms. The van der Waals surface area contributed by atoms with Gasteiger partial charge < -0.3 is 0 Å². The molecule has 0 saturated heterocycles. The van der Waals surface area contributed by atoms with Gasteiger partial charge in [-0.1, -0.05) is 160 Å². The SMILES string of the molecule is C=C/C=c1/ccc2c(C34C=CC5=C(CC(C)(CC)Cc6c5nc(C)nc6-c5ccccc5)C3C4)ccc3ccc(C)c1c32.c1ccccc1. The van der Waals surface area contributed by atoms with Gasteiger partial charge in [0.05, 0.1) is 11.4 Å². The first-order valence-electron chi connectivity index (χ1n) is 17.8. The van der Waals surface area contributed by atoms with Crippen LogP contribution in [0.2, 0.25) is 0 Å². The highest BCUT2D eigenvalue weighted by molar-refractivity contribution is 6.13. The Hall–Kier alpha value is -5.08. The highest BCUT2D eigenvalue weighted by Gasteiger charge is 2.58. The lowest BCUT2D eigenvalue weighted by Crippen LogP contribution is -2.21. The standard InChI is InChI=1S/C41H38N2.C6H6/c1-6-11-27-16-18-31-34(19-17-28-15-14-25(3)36(27)37(28)31)41-21-20-30-32(35(41)24-41)22-40(5,7-2)23-33-38(29-12-9-8-10-13-29)42-26(4)43-39(30)33;1-2-4-6-5-3-1/h6,8-21,35H,1,7,22-24H2,2-5H3;1-6H/b27-11-;.